The molecule has 4 aromatic carbocycles. The van der Waals surface area contributed by atoms with Gasteiger partial charge in [-0.2, -0.15) is 0 Å². The molecule has 0 aromatic heterocycles. The topological polar surface area (TPSA) is 91.3 Å². The van der Waals surface area contributed by atoms with E-state index in [1.807, 2.05) is 73.6 Å². The molecule has 5 rings (SSSR count). The number of aliphatic carboxylic acids is 1. The van der Waals surface area contributed by atoms with Crippen molar-refractivity contribution in [3.05, 3.63) is 94.5 Å². The lowest BCUT2D eigenvalue weighted by atomic mass is 9.91. The smallest absolute Gasteiger partial charge is 0.326 e. The van der Waals surface area contributed by atoms with E-state index in [1.54, 1.807) is 33.3 Å². The van der Waals surface area contributed by atoms with Crippen molar-refractivity contribution in [2.24, 2.45) is 0 Å². The molecule has 4 aromatic rings. The maximum absolute atomic E-state index is 13.8. The Kier molecular flexibility index (Phi) is 10.7. The third-order valence-electron chi connectivity index (χ3n) is 8.99. The summed E-state index contributed by atoms with van der Waals surface area (Å²) in [6, 6.07) is 19.7. The van der Waals surface area contributed by atoms with Crippen molar-refractivity contribution in [3.63, 3.8) is 0 Å². The molecule has 1 atom stereocenters. The number of benzene rings is 4. The van der Waals surface area contributed by atoms with Gasteiger partial charge in [0, 0.05) is 56.6 Å². The van der Waals surface area contributed by atoms with Gasteiger partial charge >= 0.3 is 5.97 Å². The van der Waals surface area contributed by atoms with Crippen LogP contribution in [0.1, 0.15) is 45.5 Å². The first kappa shape index (κ1) is 34.8. The summed E-state index contributed by atoms with van der Waals surface area (Å²) in [6.45, 7) is 3.22. The Labute approximate surface area is 280 Å². The molecule has 1 amide bonds. The molecule has 48 heavy (non-hydrogen) atoms. The highest BCUT2D eigenvalue weighted by atomic mass is 19.3. The number of piperidine rings is 1. The third kappa shape index (κ3) is 7.61. The largest absolute Gasteiger partial charge is 0.496 e. The summed E-state index contributed by atoms with van der Waals surface area (Å²) in [6.07, 6.45) is -0.413. The van der Waals surface area contributed by atoms with Gasteiger partial charge < -0.3 is 24.8 Å². The van der Waals surface area contributed by atoms with Gasteiger partial charge in [0.15, 0.2) is 0 Å². The Morgan fingerprint density at radius 3 is 2.25 bits per heavy atom. The fraction of sp³-hybridized carbons (Fsp3) is 0.368. The number of hydrogen-bond acceptors (Lipinski definition) is 6. The van der Waals surface area contributed by atoms with Crippen molar-refractivity contribution in [1.29, 1.82) is 0 Å². The Morgan fingerprint density at radius 2 is 1.58 bits per heavy atom. The van der Waals surface area contributed by atoms with E-state index in [9.17, 15) is 23.5 Å². The third-order valence-corrected chi connectivity index (χ3v) is 8.99. The van der Waals surface area contributed by atoms with E-state index in [1.165, 1.54) is 0 Å². The molecular weight excluding hydrogens is 616 g/mol. The monoisotopic (exact) mass is 659 g/mol. The molecule has 1 aliphatic rings. The van der Waals surface area contributed by atoms with Crippen LogP contribution in [0.15, 0.2) is 66.7 Å². The molecule has 254 valence electrons. The zero-order valence-corrected chi connectivity index (χ0v) is 28.1. The number of likely N-dealkylation sites (tertiary alicyclic amines) is 1. The van der Waals surface area contributed by atoms with Crippen LogP contribution in [-0.4, -0.2) is 80.2 Å². The number of fused-ring (bicyclic) bond motifs is 1. The number of methoxy groups -OCH3 is 2. The van der Waals surface area contributed by atoms with Crippen LogP contribution in [-0.2, 0) is 24.3 Å². The second-order valence-electron chi connectivity index (χ2n) is 12.7. The van der Waals surface area contributed by atoms with Crippen LogP contribution < -0.4 is 14.8 Å². The maximum atomic E-state index is 13.8. The van der Waals surface area contributed by atoms with Gasteiger partial charge in [0.05, 0.1) is 19.8 Å². The zero-order chi connectivity index (χ0) is 34.6. The number of hydrogen-bond donors (Lipinski definition) is 2. The molecule has 10 heteroatoms. The van der Waals surface area contributed by atoms with E-state index in [-0.39, 0.29) is 32.4 Å². The maximum Gasteiger partial charge on any atom is 0.326 e. The number of carboxylic acid groups (broad SMARTS) is 1. The van der Waals surface area contributed by atoms with E-state index in [4.69, 9.17) is 9.47 Å². The van der Waals surface area contributed by atoms with Crippen LogP contribution >= 0.6 is 0 Å². The normalized spacial score (nSPS) is 15.3. The van der Waals surface area contributed by atoms with Gasteiger partial charge in [-0.15, -0.1) is 0 Å². The van der Waals surface area contributed by atoms with E-state index in [2.05, 4.69) is 10.2 Å². The van der Waals surface area contributed by atoms with Crippen LogP contribution in [0.4, 0.5) is 8.78 Å². The van der Waals surface area contributed by atoms with Gasteiger partial charge in [-0.3, -0.25) is 9.69 Å². The second kappa shape index (κ2) is 14.7. The number of halogens is 2. The first-order valence-electron chi connectivity index (χ1n) is 16.0. The van der Waals surface area contributed by atoms with Crippen LogP contribution in [0.3, 0.4) is 0 Å². The lowest BCUT2D eigenvalue weighted by Crippen LogP contribution is -2.43. The Bertz CT molecular complexity index is 1800. The number of alkyl halides is 2. The molecule has 1 saturated heterocycles. The summed E-state index contributed by atoms with van der Waals surface area (Å²) in [5, 5.41) is 14.8. The van der Waals surface area contributed by atoms with E-state index >= 15 is 0 Å². The first-order valence-corrected chi connectivity index (χ1v) is 16.0. The quantitative estimate of drug-likeness (QED) is 0.178. The average molecular weight is 660 g/mol. The highest BCUT2D eigenvalue weighted by Crippen LogP contribution is 2.44. The predicted molar refractivity (Wildman–Crippen MR) is 183 cm³/mol. The van der Waals surface area contributed by atoms with Crippen molar-refractivity contribution in [2.45, 2.75) is 51.2 Å². The highest BCUT2D eigenvalue weighted by Gasteiger charge is 2.34. The fourth-order valence-corrected chi connectivity index (χ4v) is 6.62. The standard InChI is InChI=1S/C38H43F2N3O5/c1-24-9-6-11-26(23-43-19-17-38(39,40)18-20-43)33(24)36(44)41-31(37(45)46)21-25-10-7-13-29-28(25)12-8-14-30(29)34-32(47-4)16-15-27(22-42(2)3)35(34)48-5/h6-16,31H,17-23H2,1-5H3,(H,41,44)(H,45,46)/t31-/m0/s1. The van der Waals surface area contributed by atoms with Gasteiger partial charge in [0.2, 0.25) is 0 Å². The number of carbonyl (C=O) groups is 2. The molecular formula is C38H43F2N3O5. The van der Waals surface area contributed by atoms with Gasteiger partial charge in [-0.05, 0) is 60.1 Å². The Balaban J connectivity index is 1.46. The highest BCUT2D eigenvalue weighted by molar-refractivity contribution is 6.02. The zero-order valence-electron chi connectivity index (χ0n) is 28.1. The molecule has 0 spiro atoms. The molecule has 1 heterocycles. The average Bonchev–Trinajstić information content (AvgIpc) is 3.04. The molecule has 0 saturated carbocycles. The van der Waals surface area contributed by atoms with E-state index in [0.717, 1.165) is 33.0 Å². The van der Waals surface area contributed by atoms with Crippen LogP contribution in [0.25, 0.3) is 21.9 Å². The molecule has 1 fully saturated rings. The summed E-state index contributed by atoms with van der Waals surface area (Å²) >= 11 is 0. The van der Waals surface area contributed by atoms with E-state index in [0.29, 0.717) is 41.3 Å². The Morgan fingerprint density at radius 1 is 0.917 bits per heavy atom. The number of ether oxygens (including phenoxy) is 2. The number of carbonyl (C=O) groups excluding carboxylic acids is 1. The molecule has 1 aliphatic heterocycles. The van der Waals surface area contributed by atoms with Gasteiger partial charge in [0.25, 0.3) is 11.8 Å². The molecule has 0 bridgehead atoms. The number of amides is 1. The summed E-state index contributed by atoms with van der Waals surface area (Å²) in [5.74, 6) is -3.00. The molecule has 0 radical (unpaired) electrons. The van der Waals surface area contributed by atoms with Gasteiger partial charge in [-0.25, -0.2) is 13.6 Å². The van der Waals surface area contributed by atoms with Crippen LogP contribution in [0, 0.1) is 6.92 Å². The number of aryl methyl sites for hydroxylation is 1. The van der Waals surface area contributed by atoms with Crippen LogP contribution in [0.5, 0.6) is 11.5 Å². The minimum absolute atomic E-state index is 0.0409. The minimum atomic E-state index is -2.67. The van der Waals surface area contributed by atoms with E-state index < -0.39 is 23.8 Å². The summed E-state index contributed by atoms with van der Waals surface area (Å²) in [7, 11) is 7.23. The number of rotatable bonds is 12. The van der Waals surface area contributed by atoms with Crippen molar-refractivity contribution < 1.29 is 33.0 Å². The Hall–Kier alpha value is -4.54. The lowest BCUT2D eigenvalue weighted by Gasteiger charge is -2.32. The molecule has 8 nitrogen and oxygen atoms in total. The number of nitrogens with zero attached hydrogens (tertiary/aromatic N) is 2. The number of nitrogens with one attached hydrogen (secondary N) is 1. The molecule has 2 N–H and O–H groups in total. The molecule has 0 aliphatic carbocycles. The summed E-state index contributed by atoms with van der Waals surface area (Å²) < 4.78 is 39.2. The van der Waals surface area contributed by atoms with Crippen molar-refractivity contribution in [1.82, 2.24) is 15.1 Å². The summed E-state index contributed by atoms with van der Waals surface area (Å²) in [5.41, 5.74) is 5.16. The van der Waals surface area contributed by atoms with Gasteiger partial charge in [0.1, 0.15) is 17.5 Å². The van der Waals surface area contributed by atoms with Crippen molar-refractivity contribution in [3.8, 4) is 22.6 Å². The minimum Gasteiger partial charge on any atom is -0.496 e. The first-order chi connectivity index (χ1) is 22.9. The second-order valence-corrected chi connectivity index (χ2v) is 12.7. The van der Waals surface area contributed by atoms with Crippen LogP contribution in [0.2, 0.25) is 0 Å². The molecule has 0 unspecified atom stereocenters. The van der Waals surface area contributed by atoms with Crippen molar-refractivity contribution >= 4 is 22.6 Å². The summed E-state index contributed by atoms with van der Waals surface area (Å²) in [4.78, 5) is 30.3. The van der Waals surface area contributed by atoms with Gasteiger partial charge in [-0.1, -0.05) is 60.7 Å². The SMILES string of the molecule is COc1ccc(CN(C)C)c(OC)c1-c1cccc2c(C[C@H](NC(=O)c3c(C)cccc3CN3CCC(F)(F)CC3)C(=O)O)cccc12. The fourth-order valence-electron chi connectivity index (χ4n) is 6.62. The number of carboxylic acids is 1. The lowest BCUT2D eigenvalue weighted by molar-refractivity contribution is -0.139. The predicted octanol–water partition coefficient (Wildman–Crippen LogP) is 6.55. The van der Waals surface area contributed by atoms with Crippen molar-refractivity contribution in [2.75, 3.05) is 41.4 Å².